The van der Waals surface area contributed by atoms with Gasteiger partial charge in [0.25, 0.3) is 0 Å². The summed E-state index contributed by atoms with van der Waals surface area (Å²) in [5.41, 5.74) is 1.71. The van der Waals surface area contributed by atoms with E-state index in [9.17, 15) is 4.79 Å². The predicted octanol–water partition coefficient (Wildman–Crippen LogP) is 3.39. The van der Waals surface area contributed by atoms with Crippen molar-refractivity contribution >= 4 is 11.7 Å². The van der Waals surface area contributed by atoms with Gasteiger partial charge in [-0.3, -0.25) is 4.79 Å². The highest BCUT2D eigenvalue weighted by Crippen LogP contribution is 2.32. The van der Waals surface area contributed by atoms with E-state index < -0.39 is 0 Å². The number of anilines is 1. The van der Waals surface area contributed by atoms with Gasteiger partial charge in [0.1, 0.15) is 0 Å². The summed E-state index contributed by atoms with van der Waals surface area (Å²) in [6, 6.07) is 9.68. The molecule has 1 aliphatic carbocycles. The number of rotatable bonds is 6. The Kier molecular flexibility index (Phi) is 6.35. The van der Waals surface area contributed by atoms with Crippen LogP contribution < -0.4 is 14.4 Å². The lowest BCUT2D eigenvalue weighted by Crippen LogP contribution is -2.49. The fourth-order valence-corrected chi connectivity index (χ4v) is 4.42. The molecule has 7 heteroatoms. The van der Waals surface area contributed by atoms with Crippen molar-refractivity contribution in [2.75, 3.05) is 45.3 Å². The number of hydrogen-bond donors (Lipinski definition) is 0. The van der Waals surface area contributed by atoms with Crippen molar-refractivity contribution in [3.63, 3.8) is 0 Å². The van der Waals surface area contributed by atoms with Crippen molar-refractivity contribution in [2.45, 2.75) is 32.1 Å². The van der Waals surface area contributed by atoms with E-state index in [4.69, 9.17) is 9.47 Å². The molecule has 0 N–H and O–H groups in total. The van der Waals surface area contributed by atoms with Gasteiger partial charge in [0, 0.05) is 38.2 Å². The van der Waals surface area contributed by atoms with Crippen molar-refractivity contribution in [3.05, 3.63) is 30.3 Å². The Balaban J connectivity index is 1.35. The number of piperazine rings is 1. The van der Waals surface area contributed by atoms with Crippen LogP contribution >= 0.6 is 0 Å². The van der Waals surface area contributed by atoms with Gasteiger partial charge in [0.2, 0.25) is 5.91 Å². The molecule has 0 bridgehead atoms. The van der Waals surface area contributed by atoms with E-state index in [1.54, 1.807) is 14.2 Å². The van der Waals surface area contributed by atoms with E-state index in [1.165, 1.54) is 25.7 Å². The number of hydrogen-bond acceptors (Lipinski definition) is 6. The van der Waals surface area contributed by atoms with Gasteiger partial charge in [-0.2, -0.15) is 0 Å². The van der Waals surface area contributed by atoms with Crippen LogP contribution in [0.25, 0.3) is 11.3 Å². The summed E-state index contributed by atoms with van der Waals surface area (Å²) in [4.78, 5) is 16.8. The van der Waals surface area contributed by atoms with Crippen LogP contribution in [-0.2, 0) is 4.79 Å². The minimum Gasteiger partial charge on any atom is -0.493 e. The molecular weight excluding hydrogens is 380 g/mol. The molecule has 2 heterocycles. The monoisotopic (exact) mass is 410 g/mol. The summed E-state index contributed by atoms with van der Waals surface area (Å²) in [7, 11) is 3.24. The van der Waals surface area contributed by atoms with Crippen molar-refractivity contribution < 1.29 is 14.3 Å². The number of amides is 1. The lowest BCUT2D eigenvalue weighted by atomic mass is 10.0. The lowest BCUT2D eigenvalue weighted by Gasteiger charge is -2.35. The Hall–Kier alpha value is -2.83. The van der Waals surface area contributed by atoms with Crippen molar-refractivity contribution in [3.8, 4) is 22.8 Å². The lowest BCUT2D eigenvalue weighted by molar-refractivity contribution is -0.132. The summed E-state index contributed by atoms with van der Waals surface area (Å²) in [6.45, 7) is 3.09. The Labute approximate surface area is 178 Å². The van der Waals surface area contributed by atoms with Crippen LogP contribution in [0.15, 0.2) is 30.3 Å². The van der Waals surface area contributed by atoms with Crippen LogP contribution in [0.5, 0.6) is 11.5 Å². The summed E-state index contributed by atoms with van der Waals surface area (Å²) in [5.74, 6) is 3.12. The first-order valence-electron chi connectivity index (χ1n) is 10.8. The SMILES string of the molecule is COc1ccc(-c2ccc(N3CCN(C(=O)CC4CCCC4)CC3)nn2)cc1OC. The number of carbonyl (C=O) groups is 1. The number of ether oxygens (including phenoxy) is 2. The molecule has 0 radical (unpaired) electrons. The molecular formula is C23H30N4O3. The first-order chi connectivity index (χ1) is 14.7. The second kappa shape index (κ2) is 9.32. The van der Waals surface area contributed by atoms with E-state index in [-0.39, 0.29) is 0 Å². The third kappa shape index (κ3) is 4.50. The number of aromatic nitrogens is 2. The van der Waals surface area contributed by atoms with Gasteiger partial charge in [-0.05, 0) is 49.1 Å². The van der Waals surface area contributed by atoms with Gasteiger partial charge in [-0.15, -0.1) is 10.2 Å². The molecule has 2 fully saturated rings. The third-order valence-corrected chi connectivity index (χ3v) is 6.22. The molecule has 2 aromatic rings. The smallest absolute Gasteiger partial charge is 0.222 e. The summed E-state index contributed by atoms with van der Waals surface area (Å²) in [6.07, 6.45) is 5.72. The third-order valence-electron chi connectivity index (χ3n) is 6.22. The molecule has 0 unspecified atom stereocenters. The van der Waals surface area contributed by atoms with Crippen molar-refractivity contribution in [1.29, 1.82) is 0 Å². The van der Waals surface area contributed by atoms with E-state index in [2.05, 4.69) is 15.1 Å². The van der Waals surface area contributed by atoms with Crippen LogP contribution in [0.1, 0.15) is 32.1 Å². The number of carbonyl (C=O) groups excluding carboxylic acids is 1. The van der Waals surface area contributed by atoms with Gasteiger partial charge >= 0.3 is 0 Å². The fourth-order valence-electron chi connectivity index (χ4n) is 4.42. The van der Waals surface area contributed by atoms with E-state index in [0.717, 1.165) is 49.7 Å². The van der Waals surface area contributed by atoms with Gasteiger partial charge in [0.15, 0.2) is 17.3 Å². The Morgan fingerprint density at radius 2 is 1.70 bits per heavy atom. The predicted molar refractivity (Wildman–Crippen MR) is 116 cm³/mol. The molecule has 0 spiro atoms. The van der Waals surface area contributed by atoms with Gasteiger partial charge in [0.05, 0.1) is 19.9 Å². The molecule has 30 heavy (non-hydrogen) atoms. The highest BCUT2D eigenvalue weighted by Gasteiger charge is 2.25. The molecule has 1 aromatic heterocycles. The standard InChI is InChI=1S/C23H30N4O3/c1-29-20-9-7-18(16-21(20)30-2)19-8-10-22(25-24-19)26-11-13-27(14-12-26)23(28)15-17-5-3-4-6-17/h7-10,16-17H,3-6,11-15H2,1-2H3. The van der Waals surface area contributed by atoms with E-state index >= 15 is 0 Å². The number of benzene rings is 1. The zero-order valence-corrected chi connectivity index (χ0v) is 17.8. The Bertz CT molecular complexity index is 857. The van der Waals surface area contributed by atoms with Gasteiger partial charge in [-0.25, -0.2) is 0 Å². The number of methoxy groups -OCH3 is 2. The molecule has 160 valence electrons. The molecule has 4 rings (SSSR count). The average Bonchev–Trinajstić information content (AvgIpc) is 3.32. The Morgan fingerprint density at radius 3 is 2.33 bits per heavy atom. The largest absolute Gasteiger partial charge is 0.493 e. The second-order valence-electron chi connectivity index (χ2n) is 8.07. The van der Waals surface area contributed by atoms with Crippen LogP contribution in [0, 0.1) is 5.92 Å². The van der Waals surface area contributed by atoms with Crippen LogP contribution in [0.2, 0.25) is 0 Å². The maximum absolute atomic E-state index is 12.6. The van der Waals surface area contributed by atoms with Crippen molar-refractivity contribution in [2.24, 2.45) is 5.92 Å². The molecule has 1 aromatic carbocycles. The normalized spacial score (nSPS) is 17.3. The molecule has 1 aliphatic heterocycles. The maximum Gasteiger partial charge on any atom is 0.222 e. The summed E-state index contributed by atoms with van der Waals surface area (Å²) in [5, 5.41) is 8.84. The molecule has 1 saturated heterocycles. The molecule has 1 amide bonds. The molecule has 7 nitrogen and oxygen atoms in total. The van der Waals surface area contributed by atoms with Gasteiger partial charge < -0.3 is 19.3 Å². The van der Waals surface area contributed by atoms with E-state index in [0.29, 0.717) is 23.3 Å². The molecule has 2 aliphatic rings. The topological polar surface area (TPSA) is 67.8 Å². The zero-order chi connectivity index (χ0) is 20.9. The first-order valence-corrected chi connectivity index (χ1v) is 10.8. The minimum absolute atomic E-state index is 0.316. The van der Waals surface area contributed by atoms with Gasteiger partial charge in [-0.1, -0.05) is 12.8 Å². The Morgan fingerprint density at radius 1 is 0.967 bits per heavy atom. The molecule has 0 atom stereocenters. The van der Waals surface area contributed by atoms with Crippen LogP contribution in [-0.4, -0.2) is 61.4 Å². The highest BCUT2D eigenvalue weighted by atomic mass is 16.5. The average molecular weight is 411 g/mol. The highest BCUT2D eigenvalue weighted by molar-refractivity contribution is 5.76. The first kappa shape index (κ1) is 20.4. The maximum atomic E-state index is 12.6. The zero-order valence-electron chi connectivity index (χ0n) is 17.8. The summed E-state index contributed by atoms with van der Waals surface area (Å²) < 4.78 is 10.7. The second-order valence-corrected chi connectivity index (χ2v) is 8.07. The quantitative estimate of drug-likeness (QED) is 0.727. The van der Waals surface area contributed by atoms with E-state index in [1.807, 2.05) is 35.2 Å². The number of nitrogens with zero attached hydrogens (tertiary/aromatic N) is 4. The molecule has 1 saturated carbocycles. The minimum atomic E-state index is 0.316. The summed E-state index contributed by atoms with van der Waals surface area (Å²) >= 11 is 0. The van der Waals surface area contributed by atoms with Crippen LogP contribution in [0.3, 0.4) is 0 Å². The van der Waals surface area contributed by atoms with Crippen LogP contribution in [0.4, 0.5) is 5.82 Å². The van der Waals surface area contributed by atoms with Crippen molar-refractivity contribution in [1.82, 2.24) is 15.1 Å². The fraction of sp³-hybridized carbons (Fsp3) is 0.522.